The van der Waals surface area contributed by atoms with Crippen molar-refractivity contribution in [3.63, 3.8) is 0 Å². The van der Waals surface area contributed by atoms with Crippen molar-refractivity contribution >= 4 is 6.41 Å². The van der Waals surface area contributed by atoms with Crippen molar-refractivity contribution < 1.29 is 4.79 Å². The average molecular weight is 150 g/mol. The summed E-state index contributed by atoms with van der Waals surface area (Å²) < 4.78 is 0. The van der Waals surface area contributed by atoms with Crippen LogP contribution in [-0.4, -0.2) is 16.4 Å². The molecule has 0 aliphatic carbocycles. The Labute approximate surface area is 64.7 Å². The maximum Gasteiger partial charge on any atom is 0.309 e. The van der Waals surface area contributed by atoms with Gasteiger partial charge in [-0.1, -0.05) is 0 Å². The number of hydrogen-bond acceptors (Lipinski definition) is 3. The lowest BCUT2D eigenvalue weighted by Crippen LogP contribution is -2.16. The van der Waals surface area contributed by atoms with E-state index >= 15 is 0 Å². The molecule has 0 fully saturated rings. The van der Waals surface area contributed by atoms with Crippen LogP contribution >= 0.6 is 0 Å². The first kappa shape index (κ1) is 7.65. The Morgan fingerprint density at radius 3 is 2.73 bits per heavy atom. The monoisotopic (exact) mass is 150 g/mol. The van der Waals surface area contributed by atoms with Crippen LogP contribution in [0.2, 0.25) is 0 Å². The topological polar surface area (TPSA) is 54.9 Å². The molecule has 1 amide bonds. The molecule has 1 heterocycles. The molecule has 0 saturated heterocycles. The van der Waals surface area contributed by atoms with Crippen LogP contribution < -0.4 is 5.32 Å². The second-order valence-electron chi connectivity index (χ2n) is 2.14. The molecule has 0 saturated carbocycles. The first-order valence-electron chi connectivity index (χ1n) is 3.22. The zero-order chi connectivity index (χ0) is 8.10. The van der Waals surface area contributed by atoms with E-state index in [1.165, 1.54) is 6.33 Å². The van der Waals surface area contributed by atoms with Gasteiger partial charge in [0.15, 0.2) is 0 Å². The SMILES string of the molecule is CC(N[C]=O)c1cncnc1. The van der Waals surface area contributed by atoms with Crippen LogP contribution in [0.15, 0.2) is 18.7 Å². The van der Waals surface area contributed by atoms with E-state index < -0.39 is 0 Å². The van der Waals surface area contributed by atoms with Crippen LogP contribution in [-0.2, 0) is 4.79 Å². The molecule has 1 aromatic heterocycles. The molecule has 57 valence electrons. The predicted molar refractivity (Wildman–Crippen MR) is 39.3 cm³/mol. The summed E-state index contributed by atoms with van der Waals surface area (Å²) in [5, 5.41) is 2.48. The smallest absolute Gasteiger partial charge is 0.309 e. The van der Waals surface area contributed by atoms with Crippen molar-refractivity contribution in [3.8, 4) is 0 Å². The van der Waals surface area contributed by atoms with Gasteiger partial charge in [0.1, 0.15) is 6.33 Å². The molecular formula is C7H8N3O. The van der Waals surface area contributed by atoms with Gasteiger partial charge in [-0.3, -0.25) is 4.79 Å². The summed E-state index contributed by atoms with van der Waals surface area (Å²) >= 11 is 0. The summed E-state index contributed by atoms with van der Waals surface area (Å²) in [5.74, 6) is 0. The Hall–Kier alpha value is -1.45. The van der Waals surface area contributed by atoms with E-state index in [2.05, 4.69) is 15.3 Å². The number of nitrogens with one attached hydrogen (secondary N) is 1. The van der Waals surface area contributed by atoms with Crippen molar-refractivity contribution in [3.05, 3.63) is 24.3 Å². The molecule has 0 aliphatic heterocycles. The van der Waals surface area contributed by atoms with Gasteiger partial charge in [0.25, 0.3) is 0 Å². The Kier molecular flexibility index (Phi) is 2.54. The molecule has 4 heteroatoms. The first-order valence-corrected chi connectivity index (χ1v) is 3.22. The Morgan fingerprint density at radius 1 is 1.55 bits per heavy atom. The number of hydrogen-bond donors (Lipinski definition) is 1. The molecule has 0 aromatic carbocycles. The number of carbonyl (C=O) groups excluding carboxylic acids is 1. The van der Waals surface area contributed by atoms with E-state index in [1.807, 2.05) is 6.92 Å². The van der Waals surface area contributed by atoms with Crippen molar-refractivity contribution in [2.24, 2.45) is 0 Å². The van der Waals surface area contributed by atoms with Crippen LogP contribution in [0.3, 0.4) is 0 Å². The van der Waals surface area contributed by atoms with Crippen LogP contribution in [0.25, 0.3) is 0 Å². The number of aromatic nitrogens is 2. The number of rotatable bonds is 3. The standard InChI is InChI=1S/C7H8N3O/c1-6(10-5-11)7-2-8-4-9-3-7/h2-4,6H,1H3,(H,10,11). The van der Waals surface area contributed by atoms with Gasteiger partial charge >= 0.3 is 6.41 Å². The summed E-state index contributed by atoms with van der Waals surface area (Å²) in [7, 11) is 0. The second-order valence-corrected chi connectivity index (χ2v) is 2.14. The molecule has 0 bridgehead atoms. The van der Waals surface area contributed by atoms with Crippen LogP contribution in [0.4, 0.5) is 0 Å². The highest BCUT2D eigenvalue weighted by atomic mass is 16.1. The summed E-state index contributed by atoms with van der Waals surface area (Å²) in [4.78, 5) is 17.5. The van der Waals surface area contributed by atoms with E-state index in [0.717, 1.165) is 5.56 Å². The molecule has 1 aromatic rings. The summed E-state index contributed by atoms with van der Waals surface area (Å²) in [6, 6.07) is -0.0753. The minimum absolute atomic E-state index is 0.0753. The lowest BCUT2D eigenvalue weighted by molar-refractivity contribution is 0.529. The number of amides is 1. The fourth-order valence-corrected chi connectivity index (χ4v) is 0.706. The molecule has 1 rings (SSSR count). The van der Waals surface area contributed by atoms with Gasteiger partial charge in [-0.2, -0.15) is 0 Å². The summed E-state index contributed by atoms with van der Waals surface area (Å²) in [6.45, 7) is 1.84. The van der Waals surface area contributed by atoms with Crippen LogP contribution in [0, 0.1) is 0 Å². The van der Waals surface area contributed by atoms with Crippen molar-refractivity contribution in [1.82, 2.24) is 15.3 Å². The highest BCUT2D eigenvalue weighted by molar-refractivity contribution is 5.48. The van der Waals surface area contributed by atoms with Crippen LogP contribution in [0.5, 0.6) is 0 Å². The zero-order valence-corrected chi connectivity index (χ0v) is 6.11. The van der Waals surface area contributed by atoms with Gasteiger partial charge in [0.2, 0.25) is 0 Å². The van der Waals surface area contributed by atoms with E-state index in [-0.39, 0.29) is 6.04 Å². The largest absolute Gasteiger partial charge is 0.341 e. The quantitative estimate of drug-likeness (QED) is 0.626. The molecule has 1 N–H and O–H groups in total. The summed E-state index contributed by atoms with van der Waals surface area (Å²) in [6.07, 6.45) is 6.37. The van der Waals surface area contributed by atoms with Gasteiger partial charge in [-0.25, -0.2) is 9.97 Å². The second kappa shape index (κ2) is 3.65. The van der Waals surface area contributed by atoms with E-state index in [4.69, 9.17) is 0 Å². The normalized spacial score (nSPS) is 12.1. The molecule has 11 heavy (non-hydrogen) atoms. The third-order valence-corrected chi connectivity index (χ3v) is 1.36. The first-order chi connectivity index (χ1) is 5.34. The third-order valence-electron chi connectivity index (χ3n) is 1.36. The molecular weight excluding hydrogens is 142 g/mol. The number of nitrogens with zero attached hydrogens (tertiary/aromatic N) is 2. The fourth-order valence-electron chi connectivity index (χ4n) is 0.706. The Balaban J connectivity index is 2.68. The highest BCUT2D eigenvalue weighted by Crippen LogP contribution is 2.06. The van der Waals surface area contributed by atoms with Gasteiger partial charge in [-0.05, 0) is 6.92 Å². The van der Waals surface area contributed by atoms with E-state index in [1.54, 1.807) is 18.8 Å². The Morgan fingerprint density at radius 2 is 2.18 bits per heavy atom. The molecule has 1 atom stereocenters. The van der Waals surface area contributed by atoms with Crippen molar-refractivity contribution in [1.29, 1.82) is 0 Å². The average Bonchev–Trinajstić information content (AvgIpc) is 2.07. The van der Waals surface area contributed by atoms with Crippen LogP contribution in [0.1, 0.15) is 18.5 Å². The fraction of sp³-hybridized carbons (Fsp3) is 0.286. The van der Waals surface area contributed by atoms with Gasteiger partial charge in [-0.15, -0.1) is 0 Å². The maximum atomic E-state index is 9.91. The molecule has 1 radical (unpaired) electrons. The molecule has 0 aliphatic rings. The lowest BCUT2D eigenvalue weighted by Gasteiger charge is -2.06. The summed E-state index contributed by atoms with van der Waals surface area (Å²) in [5.41, 5.74) is 0.871. The van der Waals surface area contributed by atoms with E-state index in [0.29, 0.717) is 0 Å². The predicted octanol–water partition coefficient (Wildman–Crippen LogP) is 0.194. The Bertz CT molecular complexity index is 224. The van der Waals surface area contributed by atoms with Gasteiger partial charge < -0.3 is 5.32 Å². The lowest BCUT2D eigenvalue weighted by atomic mass is 10.2. The molecule has 1 unspecified atom stereocenters. The third kappa shape index (κ3) is 2.00. The van der Waals surface area contributed by atoms with E-state index in [9.17, 15) is 4.79 Å². The molecule has 4 nitrogen and oxygen atoms in total. The van der Waals surface area contributed by atoms with Crippen molar-refractivity contribution in [2.75, 3.05) is 0 Å². The minimum Gasteiger partial charge on any atom is -0.341 e. The van der Waals surface area contributed by atoms with Crippen molar-refractivity contribution in [2.45, 2.75) is 13.0 Å². The maximum absolute atomic E-state index is 9.91. The minimum atomic E-state index is -0.0753. The van der Waals surface area contributed by atoms with Gasteiger partial charge in [0.05, 0.1) is 6.04 Å². The highest BCUT2D eigenvalue weighted by Gasteiger charge is 2.02. The zero-order valence-electron chi connectivity index (χ0n) is 6.11. The van der Waals surface area contributed by atoms with Gasteiger partial charge in [0, 0.05) is 18.0 Å². The molecule has 0 spiro atoms.